The zero-order chi connectivity index (χ0) is 4.57. The third kappa shape index (κ3) is 0.408. The minimum atomic E-state index is 0.630. The summed E-state index contributed by atoms with van der Waals surface area (Å²) in [5, 5.41) is 0. The lowest BCUT2D eigenvalue weighted by molar-refractivity contribution is 0.918. The minimum absolute atomic E-state index is 0.630. The average Bonchev–Trinajstić information content (AvgIpc) is 2.19. The van der Waals surface area contributed by atoms with Crippen LogP contribution < -0.4 is 0 Å². The molecule has 6 heavy (non-hydrogen) atoms. The molecule has 1 fully saturated rings. The molecule has 32 valence electrons. The standard InChI is InChI=1S/C6H8/c1-3-6-4-5(6)2/h1,5-6H,4H2,2H3. The van der Waals surface area contributed by atoms with Gasteiger partial charge >= 0.3 is 0 Å². The zero-order valence-electron chi connectivity index (χ0n) is 3.94. The summed E-state index contributed by atoms with van der Waals surface area (Å²) in [4.78, 5) is 0. The van der Waals surface area contributed by atoms with Gasteiger partial charge in [-0.1, -0.05) is 6.92 Å². The number of hydrogen-bond donors (Lipinski definition) is 0. The van der Waals surface area contributed by atoms with Crippen LogP contribution in [0.1, 0.15) is 13.3 Å². The molecular weight excluding hydrogens is 72.1 g/mol. The summed E-state index contributed by atoms with van der Waals surface area (Å²) in [6, 6.07) is 0. The van der Waals surface area contributed by atoms with E-state index < -0.39 is 0 Å². The van der Waals surface area contributed by atoms with Crippen molar-refractivity contribution in [3.63, 3.8) is 0 Å². The van der Waals surface area contributed by atoms with E-state index in [-0.39, 0.29) is 0 Å². The van der Waals surface area contributed by atoms with Gasteiger partial charge in [-0.25, -0.2) is 0 Å². The monoisotopic (exact) mass is 80.1 g/mol. The van der Waals surface area contributed by atoms with Gasteiger partial charge in [0.1, 0.15) is 0 Å². The molecule has 0 heterocycles. The van der Waals surface area contributed by atoms with Crippen molar-refractivity contribution >= 4 is 0 Å². The van der Waals surface area contributed by atoms with Crippen LogP contribution in [-0.2, 0) is 0 Å². The first-order chi connectivity index (χ1) is 2.84. The van der Waals surface area contributed by atoms with Crippen molar-refractivity contribution in [2.45, 2.75) is 13.3 Å². The van der Waals surface area contributed by atoms with E-state index in [0.29, 0.717) is 5.92 Å². The van der Waals surface area contributed by atoms with Crippen LogP contribution in [0.25, 0.3) is 0 Å². The van der Waals surface area contributed by atoms with Crippen LogP contribution in [0.2, 0.25) is 0 Å². The molecule has 1 saturated carbocycles. The lowest BCUT2D eigenvalue weighted by Gasteiger charge is -1.68. The van der Waals surface area contributed by atoms with Crippen LogP contribution >= 0.6 is 0 Å². The van der Waals surface area contributed by atoms with Crippen molar-refractivity contribution in [1.82, 2.24) is 0 Å². The van der Waals surface area contributed by atoms with E-state index in [1.165, 1.54) is 6.42 Å². The Labute approximate surface area is 38.6 Å². The third-order valence-electron chi connectivity index (χ3n) is 1.32. The fourth-order valence-electron chi connectivity index (χ4n) is 0.554. The van der Waals surface area contributed by atoms with Crippen molar-refractivity contribution in [2.24, 2.45) is 11.8 Å². The summed E-state index contributed by atoms with van der Waals surface area (Å²) in [7, 11) is 0. The Morgan fingerprint density at radius 3 is 2.33 bits per heavy atom. The topological polar surface area (TPSA) is 0 Å². The molecule has 0 N–H and O–H groups in total. The van der Waals surface area contributed by atoms with Gasteiger partial charge in [-0.3, -0.25) is 0 Å². The normalized spacial score (nSPS) is 41.3. The van der Waals surface area contributed by atoms with Gasteiger partial charge in [-0.05, 0) is 12.3 Å². The van der Waals surface area contributed by atoms with Gasteiger partial charge in [-0.2, -0.15) is 0 Å². The van der Waals surface area contributed by atoms with Crippen LogP contribution in [0.15, 0.2) is 0 Å². The molecule has 0 aliphatic heterocycles. The van der Waals surface area contributed by atoms with E-state index in [0.717, 1.165) is 5.92 Å². The van der Waals surface area contributed by atoms with Gasteiger partial charge in [0.2, 0.25) is 0 Å². The Morgan fingerprint density at radius 1 is 1.83 bits per heavy atom. The number of rotatable bonds is 0. The molecule has 2 atom stereocenters. The van der Waals surface area contributed by atoms with E-state index in [4.69, 9.17) is 6.42 Å². The predicted octanol–water partition coefficient (Wildman–Crippen LogP) is 1.28. The molecule has 1 aliphatic rings. The van der Waals surface area contributed by atoms with Gasteiger partial charge in [0.25, 0.3) is 0 Å². The van der Waals surface area contributed by atoms with E-state index in [1.54, 1.807) is 0 Å². The first kappa shape index (κ1) is 3.74. The predicted molar refractivity (Wildman–Crippen MR) is 26.1 cm³/mol. The molecule has 0 aromatic rings. The first-order valence-electron chi connectivity index (χ1n) is 2.30. The maximum atomic E-state index is 5.07. The van der Waals surface area contributed by atoms with Crippen molar-refractivity contribution in [1.29, 1.82) is 0 Å². The van der Waals surface area contributed by atoms with Gasteiger partial charge in [0, 0.05) is 5.92 Å². The fraction of sp³-hybridized carbons (Fsp3) is 0.667. The quantitative estimate of drug-likeness (QED) is 0.384. The lowest BCUT2D eigenvalue weighted by atomic mass is 10.4. The highest BCUT2D eigenvalue weighted by Gasteiger charge is 2.29. The molecule has 1 rings (SSSR count). The second-order valence-corrected chi connectivity index (χ2v) is 1.99. The largest absolute Gasteiger partial charge is 0.120 e. The molecular formula is C6H8. The molecule has 0 aromatic heterocycles. The van der Waals surface area contributed by atoms with Crippen molar-refractivity contribution in [2.75, 3.05) is 0 Å². The van der Waals surface area contributed by atoms with Gasteiger partial charge in [0.05, 0.1) is 0 Å². The Hall–Kier alpha value is -0.440. The first-order valence-corrected chi connectivity index (χ1v) is 2.30. The molecule has 0 radical (unpaired) electrons. The second kappa shape index (κ2) is 1.01. The van der Waals surface area contributed by atoms with Crippen molar-refractivity contribution in [3.05, 3.63) is 0 Å². The summed E-state index contributed by atoms with van der Waals surface area (Å²) in [5.41, 5.74) is 0. The van der Waals surface area contributed by atoms with Gasteiger partial charge in [0.15, 0.2) is 0 Å². The van der Waals surface area contributed by atoms with Gasteiger partial charge in [-0.15, -0.1) is 12.3 Å². The molecule has 0 spiro atoms. The molecule has 0 saturated heterocycles. The van der Waals surface area contributed by atoms with Gasteiger partial charge < -0.3 is 0 Å². The lowest BCUT2D eigenvalue weighted by Crippen LogP contribution is -1.63. The Bertz CT molecular complexity index is 86.7. The third-order valence-corrected chi connectivity index (χ3v) is 1.32. The molecule has 1 aliphatic carbocycles. The Balaban J connectivity index is 2.31. The molecule has 2 unspecified atom stereocenters. The van der Waals surface area contributed by atoms with E-state index in [2.05, 4.69) is 12.8 Å². The van der Waals surface area contributed by atoms with Crippen molar-refractivity contribution < 1.29 is 0 Å². The maximum Gasteiger partial charge on any atom is 0.0229 e. The van der Waals surface area contributed by atoms with Crippen LogP contribution in [0.5, 0.6) is 0 Å². The Morgan fingerprint density at radius 2 is 2.33 bits per heavy atom. The molecule has 0 heteroatoms. The summed E-state index contributed by atoms with van der Waals surface area (Å²) >= 11 is 0. The van der Waals surface area contributed by atoms with Crippen LogP contribution in [0.4, 0.5) is 0 Å². The van der Waals surface area contributed by atoms with Crippen LogP contribution in [0, 0.1) is 24.2 Å². The van der Waals surface area contributed by atoms with E-state index >= 15 is 0 Å². The summed E-state index contributed by atoms with van der Waals surface area (Å²) in [5.74, 6) is 4.15. The summed E-state index contributed by atoms with van der Waals surface area (Å²) in [6.45, 7) is 2.19. The average molecular weight is 80.1 g/mol. The van der Waals surface area contributed by atoms with E-state index in [9.17, 15) is 0 Å². The molecule has 0 aromatic carbocycles. The highest BCUT2D eigenvalue weighted by atomic mass is 14.3. The smallest absolute Gasteiger partial charge is 0.0229 e. The number of hydrogen-bond acceptors (Lipinski definition) is 0. The molecule has 0 nitrogen and oxygen atoms in total. The fourth-order valence-corrected chi connectivity index (χ4v) is 0.554. The minimum Gasteiger partial charge on any atom is -0.120 e. The maximum absolute atomic E-state index is 5.07. The second-order valence-electron chi connectivity index (χ2n) is 1.99. The molecule has 0 bridgehead atoms. The highest BCUT2D eigenvalue weighted by molar-refractivity contribution is 5.05. The zero-order valence-corrected chi connectivity index (χ0v) is 3.94. The Kier molecular flexibility index (Phi) is 0.630. The summed E-state index contributed by atoms with van der Waals surface area (Å²) in [6.07, 6.45) is 6.33. The highest BCUT2D eigenvalue weighted by Crippen LogP contribution is 2.36. The van der Waals surface area contributed by atoms with Crippen LogP contribution in [-0.4, -0.2) is 0 Å². The molecule has 0 amide bonds. The summed E-state index contributed by atoms with van der Waals surface area (Å²) < 4.78 is 0. The SMILES string of the molecule is C#CC1CC1C. The van der Waals surface area contributed by atoms with E-state index in [1.807, 2.05) is 0 Å². The number of terminal acetylenes is 1. The van der Waals surface area contributed by atoms with Crippen molar-refractivity contribution in [3.8, 4) is 12.3 Å². The van der Waals surface area contributed by atoms with Crippen LogP contribution in [0.3, 0.4) is 0 Å².